The molecule has 7 heteroatoms. The molecule has 0 unspecified atom stereocenters. The van der Waals surface area contributed by atoms with E-state index in [1.54, 1.807) is 20.3 Å². The Morgan fingerprint density at radius 3 is 2.38 bits per heavy atom. The maximum absolute atomic E-state index is 11.3. The minimum absolute atomic E-state index is 0.0883. The van der Waals surface area contributed by atoms with Crippen LogP contribution in [-0.2, 0) is 11.2 Å². The van der Waals surface area contributed by atoms with Gasteiger partial charge in [-0.05, 0) is 35.7 Å². The number of rotatable bonds is 8. The number of amides is 1. The predicted molar refractivity (Wildman–Crippen MR) is 78.3 cm³/mol. The number of carboxylic acid groups (broad SMARTS) is 1. The Labute approximate surface area is 128 Å². The van der Waals surface area contributed by atoms with E-state index >= 15 is 0 Å². The number of ether oxygens (including phenoxy) is 2. The summed E-state index contributed by atoms with van der Waals surface area (Å²) in [7, 11) is 3.10. The normalized spacial score (nSPS) is 10.0. The van der Waals surface area contributed by atoms with Crippen molar-refractivity contribution in [2.24, 2.45) is 0 Å². The highest BCUT2D eigenvalue weighted by molar-refractivity contribution is 6.62. The Balaban J connectivity index is 2.67. The molecule has 0 aliphatic rings. The molecule has 1 aromatic rings. The molecule has 0 spiro atoms. The van der Waals surface area contributed by atoms with Crippen molar-refractivity contribution in [3.8, 4) is 11.5 Å². The number of benzene rings is 1. The van der Waals surface area contributed by atoms with Gasteiger partial charge in [-0.25, -0.2) is 0 Å². The summed E-state index contributed by atoms with van der Waals surface area (Å²) in [4.78, 5) is 23.1. The molecule has 1 amide bonds. The third-order valence-electron chi connectivity index (χ3n) is 2.96. The summed E-state index contributed by atoms with van der Waals surface area (Å²) in [6, 6.07) is 5.45. The van der Waals surface area contributed by atoms with Crippen LogP contribution in [0.5, 0.6) is 11.5 Å². The molecular formula is C14H18ClNO5. The number of hydrogen-bond donors (Lipinski definition) is 1. The van der Waals surface area contributed by atoms with Gasteiger partial charge in [0.2, 0.25) is 0 Å². The zero-order valence-electron chi connectivity index (χ0n) is 12.0. The van der Waals surface area contributed by atoms with Gasteiger partial charge >= 0.3 is 11.3 Å². The summed E-state index contributed by atoms with van der Waals surface area (Å²) in [6.45, 7) is 0.427. The van der Waals surface area contributed by atoms with Crippen molar-refractivity contribution in [1.82, 2.24) is 4.90 Å². The molecule has 1 aromatic carbocycles. The first kappa shape index (κ1) is 17.1. The molecule has 0 fully saturated rings. The highest BCUT2D eigenvalue weighted by Gasteiger charge is 2.13. The van der Waals surface area contributed by atoms with Crippen molar-refractivity contribution < 1.29 is 24.2 Å². The third kappa shape index (κ3) is 5.51. The van der Waals surface area contributed by atoms with E-state index in [9.17, 15) is 9.59 Å². The fourth-order valence-electron chi connectivity index (χ4n) is 1.82. The van der Waals surface area contributed by atoms with Crippen LogP contribution in [0.4, 0.5) is 4.79 Å². The number of carboxylic acids is 1. The van der Waals surface area contributed by atoms with E-state index in [0.717, 1.165) is 5.56 Å². The van der Waals surface area contributed by atoms with Crippen molar-refractivity contribution in [3.05, 3.63) is 23.8 Å². The number of carbonyl (C=O) groups is 2. The summed E-state index contributed by atoms with van der Waals surface area (Å²) in [6.07, 6.45) is 0.406. The summed E-state index contributed by atoms with van der Waals surface area (Å²) < 4.78 is 10.3. The van der Waals surface area contributed by atoms with Gasteiger partial charge in [0, 0.05) is 13.1 Å². The maximum atomic E-state index is 11.3. The molecule has 6 nitrogen and oxygen atoms in total. The van der Waals surface area contributed by atoms with E-state index in [2.05, 4.69) is 0 Å². The van der Waals surface area contributed by atoms with E-state index < -0.39 is 11.3 Å². The van der Waals surface area contributed by atoms with Crippen LogP contribution >= 0.6 is 11.6 Å². The van der Waals surface area contributed by atoms with E-state index in [0.29, 0.717) is 24.5 Å². The standard InChI is InChI=1S/C14H18ClNO5/c1-20-11-4-3-10(9-12(11)21-2)5-7-16(14(15)19)8-6-13(17)18/h3-4,9H,5-8H2,1-2H3,(H,17,18). The van der Waals surface area contributed by atoms with Crippen molar-refractivity contribution in [3.63, 3.8) is 0 Å². The van der Waals surface area contributed by atoms with Gasteiger partial charge in [-0.1, -0.05) is 6.07 Å². The molecular weight excluding hydrogens is 298 g/mol. The van der Waals surface area contributed by atoms with Gasteiger partial charge in [0.05, 0.1) is 20.6 Å². The van der Waals surface area contributed by atoms with Crippen LogP contribution in [0.15, 0.2) is 18.2 Å². The quantitative estimate of drug-likeness (QED) is 0.589. The third-order valence-corrected chi connectivity index (χ3v) is 3.20. The summed E-state index contributed by atoms with van der Waals surface area (Å²) in [5.41, 5.74) is 0.936. The van der Waals surface area contributed by atoms with Crippen LogP contribution in [0, 0.1) is 0 Å². The molecule has 0 bridgehead atoms. The summed E-state index contributed by atoms with van der Waals surface area (Å²) >= 11 is 5.45. The zero-order chi connectivity index (χ0) is 15.8. The molecule has 0 atom stereocenters. The van der Waals surface area contributed by atoms with E-state index in [1.165, 1.54) is 4.90 Å². The molecule has 0 saturated carbocycles. The predicted octanol–water partition coefficient (Wildman–Crippen LogP) is 2.38. The zero-order valence-corrected chi connectivity index (χ0v) is 12.7. The molecule has 0 aromatic heterocycles. The van der Waals surface area contributed by atoms with Crippen LogP contribution in [-0.4, -0.2) is 48.7 Å². The van der Waals surface area contributed by atoms with Crippen LogP contribution in [0.1, 0.15) is 12.0 Å². The average molecular weight is 316 g/mol. The van der Waals surface area contributed by atoms with E-state index in [4.69, 9.17) is 26.2 Å². The fourth-order valence-corrected chi connectivity index (χ4v) is 1.99. The Morgan fingerprint density at radius 1 is 1.19 bits per heavy atom. The number of aliphatic carboxylic acids is 1. The fraction of sp³-hybridized carbons (Fsp3) is 0.429. The van der Waals surface area contributed by atoms with Gasteiger partial charge in [-0.15, -0.1) is 0 Å². The average Bonchev–Trinajstić information content (AvgIpc) is 2.46. The molecule has 0 heterocycles. The Hall–Kier alpha value is -1.95. The first-order valence-corrected chi connectivity index (χ1v) is 6.72. The van der Waals surface area contributed by atoms with Crippen LogP contribution in [0.25, 0.3) is 0 Å². The molecule has 1 N–H and O–H groups in total. The second-order valence-corrected chi connectivity index (χ2v) is 4.65. The first-order valence-electron chi connectivity index (χ1n) is 6.35. The van der Waals surface area contributed by atoms with E-state index in [1.807, 2.05) is 12.1 Å². The Bertz CT molecular complexity index is 506. The second kappa shape index (κ2) is 8.36. The van der Waals surface area contributed by atoms with Crippen molar-refractivity contribution in [1.29, 1.82) is 0 Å². The monoisotopic (exact) mass is 315 g/mol. The summed E-state index contributed by atoms with van der Waals surface area (Å²) in [5.74, 6) is 0.255. The highest BCUT2D eigenvalue weighted by Crippen LogP contribution is 2.27. The number of methoxy groups -OCH3 is 2. The Morgan fingerprint density at radius 2 is 1.86 bits per heavy atom. The van der Waals surface area contributed by atoms with Crippen LogP contribution < -0.4 is 9.47 Å². The van der Waals surface area contributed by atoms with Gasteiger partial charge in [0.1, 0.15) is 0 Å². The van der Waals surface area contributed by atoms with E-state index in [-0.39, 0.29) is 13.0 Å². The van der Waals surface area contributed by atoms with Gasteiger partial charge in [-0.3, -0.25) is 9.59 Å². The molecule has 0 saturated heterocycles. The smallest absolute Gasteiger partial charge is 0.316 e. The molecule has 21 heavy (non-hydrogen) atoms. The molecule has 0 radical (unpaired) electrons. The minimum atomic E-state index is -0.968. The van der Waals surface area contributed by atoms with Gasteiger partial charge in [0.25, 0.3) is 0 Å². The van der Waals surface area contributed by atoms with Gasteiger partial charge in [-0.2, -0.15) is 0 Å². The summed E-state index contributed by atoms with van der Waals surface area (Å²) in [5, 5.41) is 7.99. The first-order chi connectivity index (χ1) is 9.97. The lowest BCUT2D eigenvalue weighted by Crippen LogP contribution is -2.30. The lowest BCUT2D eigenvalue weighted by atomic mass is 10.1. The lowest BCUT2D eigenvalue weighted by Gasteiger charge is -2.19. The number of halogens is 1. The molecule has 116 valence electrons. The maximum Gasteiger partial charge on any atom is 0.316 e. The minimum Gasteiger partial charge on any atom is -0.493 e. The van der Waals surface area contributed by atoms with Crippen LogP contribution in [0.3, 0.4) is 0 Å². The second-order valence-electron chi connectivity index (χ2n) is 4.32. The van der Waals surface area contributed by atoms with Gasteiger partial charge in [0.15, 0.2) is 11.5 Å². The molecule has 1 rings (SSSR count). The highest BCUT2D eigenvalue weighted by atomic mass is 35.5. The van der Waals surface area contributed by atoms with Crippen molar-refractivity contribution in [2.75, 3.05) is 27.3 Å². The number of hydrogen-bond acceptors (Lipinski definition) is 4. The topological polar surface area (TPSA) is 76.1 Å². The Kier molecular flexibility index (Phi) is 6.81. The number of nitrogens with zero attached hydrogens (tertiary/aromatic N) is 1. The lowest BCUT2D eigenvalue weighted by molar-refractivity contribution is -0.137. The number of carbonyl (C=O) groups excluding carboxylic acids is 1. The largest absolute Gasteiger partial charge is 0.493 e. The van der Waals surface area contributed by atoms with Crippen molar-refractivity contribution in [2.45, 2.75) is 12.8 Å². The van der Waals surface area contributed by atoms with Crippen LogP contribution in [0.2, 0.25) is 0 Å². The molecule has 0 aliphatic heterocycles. The molecule has 0 aliphatic carbocycles. The SMILES string of the molecule is COc1ccc(CCN(CCC(=O)O)C(=O)Cl)cc1OC. The van der Waals surface area contributed by atoms with Crippen molar-refractivity contribution >= 4 is 22.9 Å². The van der Waals surface area contributed by atoms with Gasteiger partial charge < -0.3 is 19.5 Å².